The fourth-order valence-corrected chi connectivity index (χ4v) is 48.3. The number of halogens is 5. The Hall–Kier alpha value is 2.85. The standard InChI is InChI=1S/C8H23Cl5N3O4P3Si4/c1-24(2)17-25(3,4)19-27(7,20-26(5,6)18-24)8-21(9)14-22(10,11)16-23(12,13)15-21/h8H2,1-7H3. The average molecular weight is 608 g/mol. The topological polar surface area (TPSA) is 74.0 Å². The van der Waals surface area contributed by atoms with E-state index in [0.29, 0.717) is 0 Å². The van der Waals surface area contributed by atoms with Crippen molar-refractivity contribution in [1.82, 2.24) is 0 Å². The van der Waals surface area contributed by atoms with Crippen LogP contribution in [-0.2, 0) is 16.5 Å². The lowest BCUT2D eigenvalue weighted by Crippen LogP contribution is -2.66. The molecule has 1 unspecified atom stereocenters. The number of rotatable bonds is 2. The molecule has 0 N–H and O–H groups in total. The molecule has 0 aromatic heterocycles. The van der Waals surface area contributed by atoms with E-state index in [-0.39, 0.29) is 5.79 Å². The van der Waals surface area contributed by atoms with E-state index in [4.69, 9.17) is 72.7 Å². The molecule has 2 aliphatic rings. The van der Waals surface area contributed by atoms with Crippen molar-refractivity contribution in [3.8, 4) is 0 Å². The van der Waals surface area contributed by atoms with Gasteiger partial charge in [0.05, 0.1) is 5.79 Å². The molecule has 160 valence electrons. The van der Waals surface area contributed by atoms with Crippen molar-refractivity contribution in [3.05, 3.63) is 0 Å². The van der Waals surface area contributed by atoms with Crippen molar-refractivity contribution >= 4 is 109 Å². The molecular formula is C8H23Cl5N3O4P3Si4. The zero-order valence-corrected chi connectivity index (χ0v) is 26.4. The quantitative estimate of drug-likeness (QED) is 0.232. The second-order valence-electron chi connectivity index (χ2n) is 7.72. The van der Waals surface area contributed by atoms with Gasteiger partial charge in [0.2, 0.25) is 0 Å². The molecule has 1 atom stereocenters. The smallest absolute Gasteiger partial charge is 0.326 e. The molecule has 0 aliphatic carbocycles. The highest BCUT2D eigenvalue weighted by molar-refractivity contribution is 8.22. The van der Waals surface area contributed by atoms with Gasteiger partial charge >= 0.3 is 34.2 Å². The van der Waals surface area contributed by atoms with Crippen LogP contribution in [0.3, 0.4) is 0 Å². The van der Waals surface area contributed by atoms with Gasteiger partial charge in [-0.2, -0.15) is 13.5 Å². The van der Waals surface area contributed by atoms with Crippen LogP contribution in [0, 0.1) is 0 Å². The summed E-state index contributed by atoms with van der Waals surface area (Å²) in [6.45, 7) is 10.8. The first-order chi connectivity index (χ1) is 11.7. The highest BCUT2D eigenvalue weighted by Crippen LogP contribution is 2.86. The molecule has 2 rings (SSSR count). The molecule has 0 spiro atoms. The van der Waals surface area contributed by atoms with Crippen LogP contribution in [0.4, 0.5) is 0 Å². The average Bonchev–Trinajstić information content (AvgIpc) is 2.11. The second kappa shape index (κ2) is 8.01. The van der Waals surface area contributed by atoms with Crippen molar-refractivity contribution in [2.24, 2.45) is 13.5 Å². The molecule has 2 aliphatic heterocycles. The van der Waals surface area contributed by atoms with E-state index < -0.39 is 52.6 Å². The van der Waals surface area contributed by atoms with Gasteiger partial charge in [-0.1, -0.05) is 11.2 Å². The van der Waals surface area contributed by atoms with E-state index >= 15 is 0 Å². The van der Waals surface area contributed by atoms with Gasteiger partial charge < -0.3 is 16.5 Å². The molecule has 0 saturated carbocycles. The van der Waals surface area contributed by atoms with Crippen LogP contribution in [0.15, 0.2) is 13.5 Å². The Kier molecular flexibility index (Phi) is 7.74. The maximum Gasteiger partial charge on any atom is 0.326 e. The van der Waals surface area contributed by atoms with Crippen molar-refractivity contribution in [3.63, 3.8) is 0 Å². The van der Waals surface area contributed by atoms with Gasteiger partial charge in [0.15, 0.2) is 6.56 Å². The number of hydrogen-bond donors (Lipinski definition) is 0. The van der Waals surface area contributed by atoms with Gasteiger partial charge in [0.1, 0.15) is 0 Å². The highest BCUT2D eigenvalue weighted by atomic mass is 35.9. The third-order valence-corrected chi connectivity index (χ3v) is 35.1. The summed E-state index contributed by atoms with van der Waals surface area (Å²) in [7, 11) is -10.5. The molecule has 19 heteroatoms. The zero-order valence-electron chi connectivity index (χ0n) is 15.9. The summed E-state index contributed by atoms with van der Waals surface area (Å²) in [5.74, 6) is -5.98. The Morgan fingerprint density at radius 1 is 0.593 bits per heavy atom. The summed E-state index contributed by atoms with van der Waals surface area (Å²) in [5.41, 5.74) is 0. The maximum atomic E-state index is 6.77. The summed E-state index contributed by atoms with van der Waals surface area (Å²) in [6.07, 6.45) is 0. The van der Waals surface area contributed by atoms with Crippen molar-refractivity contribution in [2.75, 3.05) is 5.79 Å². The van der Waals surface area contributed by atoms with Gasteiger partial charge in [-0.25, -0.2) is 0 Å². The molecule has 2 heterocycles. The Balaban J connectivity index is 2.48. The zero-order chi connectivity index (χ0) is 21.2. The number of nitrogens with zero attached hydrogens (tertiary/aromatic N) is 3. The van der Waals surface area contributed by atoms with Crippen LogP contribution >= 0.6 is 74.6 Å². The number of hydrogen-bond acceptors (Lipinski definition) is 7. The van der Waals surface area contributed by atoms with Crippen molar-refractivity contribution in [2.45, 2.75) is 45.8 Å². The minimum atomic E-state index is -3.10. The van der Waals surface area contributed by atoms with E-state index in [1.54, 1.807) is 0 Å². The molecule has 0 aromatic rings. The van der Waals surface area contributed by atoms with Crippen LogP contribution in [0.5, 0.6) is 0 Å². The first-order valence-electron chi connectivity index (χ1n) is 7.85. The highest BCUT2D eigenvalue weighted by Gasteiger charge is 2.54. The fraction of sp³-hybridized carbons (Fsp3) is 1.00. The summed E-state index contributed by atoms with van der Waals surface area (Å²) < 4.78 is 38.3. The normalized spacial score (nSPS) is 35.6. The van der Waals surface area contributed by atoms with Gasteiger partial charge in [0.25, 0.3) is 11.8 Å². The predicted molar refractivity (Wildman–Crippen MR) is 131 cm³/mol. The van der Waals surface area contributed by atoms with Crippen LogP contribution in [0.1, 0.15) is 0 Å². The summed E-state index contributed by atoms with van der Waals surface area (Å²) in [5, 5.41) is 0. The molecule has 1 saturated heterocycles. The summed E-state index contributed by atoms with van der Waals surface area (Å²) >= 11 is 31.6. The molecule has 7 nitrogen and oxygen atoms in total. The van der Waals surface area contributed by atoms with Crippen LogP contribution in [-0.4, -0.2) is 40.0 Å². The van der Waals surface area contributed by atoms with E-state index in [9.17, 15) is 0 Å². The minimum absolute atomic E-state index is 0.223. The lowest BCUT2D eigenvalue weighted by molar-refractivity contribution is 0.238. The predicted octanol–water partition coefficient (Wildman–Crippen LogP) is 8.91. The second-order valence-corrected chi connectivity index (χ2v) is 36.5. The lowest BCUT2D eigenvalue weighted by Gasteiger charge is -2.47. The van der Waals surface area contributed by atoms with Crippen LogP contribution in [0.2, 0.25) is 45.8 Å². The van der Waals surface area contributed by atoms with Gasteiger partial charge in [-0.3, -0.25) is 0 Å². The molecular weight excluding hydrogens is 585 g/mol. The van der Waals surface area contributed by atoms with E-state index in [1.807, 2.05) is 45.8 Å². The molecule has 0 radical (unpaired) electrons. The summed E-state index contributed by atoms with van der Waals surface area (Å²) in [4.78, 5) is 0. The minimum Gasteiger partial charge on any atom is -0.416 e. The van der Waals surface area contributed by atoms with Crippen LogP contribution < -0.4 is 0 Å². The van der Waals surface area contributed by atoms with Crippen molar-refractivity contribution < 1.29 is 16.5 Å². The van der Waals surface area contributed by atoms with E-state index in [2.05, 4.69) is 13.5 Å². The largest absolute Gasteiger partial charge is 0.416 e. The van der Waals surface area contributed by atoms with Crippen LogP contribution in [0.25, 0.3) is 0 Å². The van der Waals surface area contributed by atoms with Gasteiger partial charge in [-0.05, 0) is 90.8 Å². The monoisotopic (exact) mass is 605 g/mol. The third kappa shape index (κ3) is 8.04. The Bertz CT molecular complexity index is 771. The lowest BCUT2D eigenvalue weighted by atomic mass is 11.9. The third-order valence-electron chi connectivity index (χ3n) is 3.10. The van der Waals surface area contributed by atoms with Gasteiger partial charge in [-0.15, -0.1) is 0 Å². The van der Waals surface area contributed by atoms with E-state index in [0.717, 1.165) is 0 Å². The van der Waals surface area contributed by atoms with E-state index in [1.165, 1.54) is 0 Å². The first-order valence-corrected chi connectivity index (χ1v) is 28.6. The molecule has 0 bridgehead atoms. The maximum absolute atomic E-state index is 6.77. The Morgan fingerprint density at radius 3 is 1.37 bits per heavy atom. The molecule has 1 fully saturated rings. The summed E-state index contributed by atoms with van der Waals surface area (Å²) in [6, 6.07) is 0. The molecule has 0 aromatic carbocycles. The first kappa shape index (κ1) is 26.1. The Labute approximate surface area is 189 Å². The van der Waals surface area contributed by atoms with Gasteiger partial charge in [0, 0.05) is 0 Å². The fourth-order valence-electron chi connectivity index (χ4n) is 3.31. The molecule has 27 heavy (non-hydrogen) atoms. The Morgan fingerprint density at radius 2 is 0.963 bits per heavy atom. The SMILES string of the molecule is C[Si]1(C)O[Si](C)(C)O[Si](C)(CP2(Cl)=NP(Cl)(Cl)=NP(Cl)(Cl)=N2)O[Si](C)(C)O1. The van der Waals surface area contributed by atoms with Crippen molar-refractivity contribution in [1.29, 1.82) is 0 Å². The molecule has 0 amide bonds.